The number of rotatable bonds is 7. The molecule has 0 bridgehead atoms. The second kappa shape index (κ2) is 8.89. The topological polar surface area (TPSA) is 82.1 Å². The smallest absolute Gasteiger partial charge is 0.243 e. The van der Waals surface area contributed by atoms with Gasteiger partial charge in [-0.2, -0.15) is 4.31 Å². The van der Waals surface area contributed by atoms with E-state index in [1.165, 1.54) is 23.4 Å². The van der Waals surface area contributed by atoms with Gasteiger partial charge < -0.3 is 14.2 Å². The van der Waals surface area contributed by atoms with Gasteiger partial charge in [0.2, 0.25) is 10.0 Å². The number of sulfonamides is 1. The predicted molar refractivity (Wildman–Crippen MR) is 114 cm³/mol. The van der Waals surface area contributed by atoms with Crippen molar-refractivity contribution in [3.8, 4) is 17.2 Å². The van der Waals surface area contributed by atoms with Crippen LogP contribution in [0.2, 0.25) is 0 Å². The molecule has 0 N–H and O–H groups in total. The summed E-state index contributed by atoms with van der Waals surface area (Å²) in [6.45, 7) is 1.92. The molecular formula is C22H25NO6S. The van der Waals surface area contributed by atoms with Gasteiger partial charge in [0.25, 0.3) is 0 Å². The van der Waals surface area contributed by atoms with Crippen molar-refractivity contribution in [2.45, 2.75) is 18.2 Å². The molecule has 0 aromatic heterocycles. The Balaban J connectivity index is 1.92. The van der Waals surface area contributed by atoms with Crippen molar-refractivity contribution >= 4 is 21.4 Å². The monoisotopic (exact) mass is 431 g/mol. The molecule has 0 saturated carbocycles. The van der Waals surface area contributed by atoms with Gasteiger partial charge in [0.05, 0.1) is 31.8 Å². The normalized spacial score (nSPS) is 14.7. The number of hydrogen-bond donors (Lipinski definition) is 0. The zero-order valence-corrected chi connectivity index (χ0v) is 18.3. The van der Waals surface area contributed by atoms with Crippen molar-refractivity contribution < 1.29 is 27.4 Å². The van der Waals surface area contributed by atoms with Crippen molar-refractivity contribution in [2.24, 2.45) is 0 Å². The highest BCUT2D eigenvalue weighted by Gasteiger charge is 2.28. The van der Waals surface area contributed by atoms with Crippen LogP contribution in [0.5, 0.6) is 17.2 Å². The number of carbonyl (C=O) groups excluding carboxylic acids is 1. The number of methoxy groups -OCH3 is 3. The van der Waals surface area contributed by atoms with Crippen molar-refractivity contribution in [1.82, 2.24) is 4.31 Å². The van der Waals surface area contributed by atoms with Gasteiger partial charge in [0.1, 0.15) is 17.2 Å². The molecule has 0 unspecified atom stereocenters. The van der Waals surface area contributed by atoms with Crippen LogP contribution in [-0.4, -0.2) is 52.9 Å². The van der Waals surface area contributed by atoms with Crippen molar-refractivity contribution in [1.29, 1.82) is 0 Å². The van der Waals surface area contributed by atoms with E-state index < -0.39 is 10.0 Å². The highest BCUT2D eigenvalue weighted by Crippen LogP contribution is 2.41. The zero-order chi connectivity index (χ0) is 21.9. The Hall–Kier alpha value is -2.84. The summed E-state index contributed by atoms with van der Waals surface area (Å²) in [5, 5.41) is 0. The van der Waals surface area contributed by atoms with E-state index in [1.54, 1.807) is 45.6 Å². The van der Waals surface area contributed by atoms with Gasteiger partial charge in [-0.05, 0) is 31.1 Å². The van der Waals surface area contributed by atoms with Crippen molar-refractivity contribution in [3.63, 3.8) is 0 Å². The summed E-state index contributed by atoms with van der Waals surface area (Å²) < 4.78 is 43.8. The van der Waals surface area contributed by atoms with Crippen LogP contribution in [0.1, 0.15) is 29.3 Å². The summed E-state index contributed by atoms with van der Waals surface area (Å²) in [5.74, 6) is 1.64. The van der Waals surface area contributed by atoms with E-state index in [0.29, 0.717) is 35.8 Å². The number of ether oxygens (including phenoxy) is 3. The molecule has 0 fully saturated rings. The number of Topliss-reactive ketones (excluding diaryl/α,β-unsaturated/α-hetero) is 1. The summed E-state index contributed by atoms with van der Waals surface area (Å²) in [5.41, 5.74) is 2.10. The van der Waals surface area contributed by atoms with E-state index in [0.717, 1.165) is 11.1 Å². The Morgan fingerprint density at radius 3 is 2.17 bits per heavy atom. The van der Waals surface area contributed by atoms with Crippen molar-refractivity contribution in [3.05, 3.63) is 53.6 Å². The first-order valence-corrected chi connectivity index (χ1v) is 10.9. The van der Waals surface area contributed by atoms with E-state index in [-0.39, 0.29) is 17.2 Å². The van der Waals surface area contributed by atoms with E-state index in [4.69, 9.17) is 14.2 Å². The van der Waals surface area contributed by atoms with Crippen LogP contribution < -0.4 is 14.2 Å². The SMILES string of the molecule is COc1cc(OC)c(C2=CCN(S(=O)(=O)c3cccc(C(C)=O)c3)CC2)c(OC)c1. The molecule has 0 atom stereocenters. The molecule has 30 heavy (non-hydrogen) atoms. The van der Waals surface area contributed by atoms with Crippen LogP contribution in [0.25, 0.3) is 5.57 Å². The fraction of sp³-hybridized carbons (Fsp3) is 0.318. The molecule has 0 saturated heterocycles. The maximum absolute atomic E-state index is 13.1. The van der Waals surface area contributed by atoms with Gasteiger partial charge in [-0.3, -0.25) is 4.79 Å². The molecule has 0 aliphatic carbocycles. The fourth-order valence-corrected chi connectivity index (χ4v) is 4.87. The summed E-state index contributed by atoms with van der Waals surface area (Å²) in [4.78, 5) is 11.7. The second-order valence-corrected chi connectivity index (χ2v) is 8.77. The fourth-order valence-electron chi connectivity index (χ4n) is 3.44. The van der Waals surface area contributed by atoms with Gasteiger partial charge in [0.15, 0.2) is 5.78 Å². The summed E-state index contributed by atoms with van der Waals surface area (Å²) in [6.07, 6.45) is 2.35. The van der Waals surface area contributed by atoms with Crippen LogP contribution in [0.4, 0.5) is 0 Å². The zero-order valence-electron chi connectivity index (χ0n) is 17.5. The molecule has 2 aromatic carbocycles. The van der Waals surface area contributed by atoms with Gasteiger partial charge in [-0.25, -0.2) is 8.42 Å². The van der Waals surface area contributed by atoms with Crippen LogP contribution in [-0.2, 0) is 10.0 Å². The number of carbonyl (C=O) groups is 1. The minimum absolute atomic E-state index is 0.117. The Bertz CT molecular complexity index is 1070. The van der Waals surface area contributed by atoms with Gasteiger partial charge in [0, 0.05) is 30.8 Å². The molecule has 0 spiro atoms. The molecule has 0 amide bonds. The lowest BCUT2D eigenvalue weighted by Crippen LogP contribution is -2.34. The Kier molecular flexibility index (Phi) is 6.48. The van der Waals surface area contributed by atoms with E-state index in [1.807, 2.05) is 6.08 Å². The first-order valence-electron chi connectivity index (χ1n) is 9.42. The third-order valence-corrected chi connectivity index (χ3v) is 6.95. The first-order chi connectivity index (χ1) is 14.3. The lowest BCUT2D eigenvalue weighted by Gasteiger charge is -2.27. The number of hydrogen-bond acceptors (Lipinski definition) is 6. The third-order valence-electron chi connectivity index (χ3n) is 5.09. The van der Waals surface area contributed by atoms with Crippen LogP contribution in [0, 0.1) is 0 Å². The van der Waals surface area contributed by atoms with Crippen molar-refractivity contribution in [2.75, 3.05) is 34.4 Å². The lowest BCUT2D eigenvalue weighted by atomic mass is 9.98. The molecular weight excluding hydrogens is 406 g/mol. The molecule has 1 aliphatic heterocycles. The van der Waals surface area contributed by atoms with Gasteiger partial charge in [-0.1, -0.05) is 18.2 Å². The molecule has 0 radical (unpaired) electrons. The maximum atomic E-state index is 13.1. The molecule has 8 heteroatoms. The summed E-state index contributed by atoms with van der Waals surface area (Å²) in [6, 6.07) is 9.67. The van der Waals surface area contributed by atoms with Gasteiger partial charge >= 0.3 is 0 Å². The highest BCUT2D eigenvalue weighted by molar-refractivity contribution is 7.89. The number of benzene rings is 2. The minimum Gasteiger partial charge on any atom is -0.496 e. The van der Waals surface area contributed by atoms with E-state index >= 15 is 0 Å². The summed E-state index contributed by atoms with van der Waals surface area (Å²) >= 11 is 0. The quantitative estimate of drug-likeness (QED) is 0.625. The average Bonchev–Trinajstić information content (AvgIpc) is 2.78. The van der Waals surface area contributed by atoms with E-state index in [2.05, 4.69) is 0 Å². The predicted octanol–water partition coefficient (Wildman–Crippen LogP) is 3.39. The standard InChI is InChI=1S/C22H25NO6S/c1-15(24)17-6-5-7-19(12-17)30(25,26)23-10-8-16(9-11-23)22-20(28-3)13-18(27-2)14-21(22)29-4/h5-8,12-14H,9-11H2,1-4H3. The number of ketones is 1. The molecule has 3 rings (SSSR count). The molecule has 7 nitrogen and oxygen atoms in total. The molecule has 160 valence electrons. The Morgan fingerprint density at radius 1 is 1.00 bits per heavy atom. The Labute approximate surface area is 176 Å². The highest BCUT2D eigenvalue weighted by atomic mass is 32.2. The van der Waals surface area contributed by atoms with Crippen LogP contribution in [0.15, 0.2) is 47.4 Å². The Morgan fingerprint density at radius 2 is 1.67 bits per heavy atom. The minimum atomic E-state index is -3.71. The van der Waals surface area contributed by atoms with Crippen LogP contribution >= 0.6 is 0 Å². The van der Waals surface area contributed by atoms with Crippen LogP contribution in [0.3, 0.4) is 0 Å². The molecule has 1 heterocycles. The number of nitrogens with zero attached hydrogens (tertiary/aromatic N) is 1. The lowest BCUT2D eigenvalue weighted by molar-refractivity contribution is 0.101. The average molecular weight is 432 g/mol. The third kappa shape index (κ3) is 4.20. The van der Waals surface area contributed by atoms with Gasteiger partial charge in [-0.15, -0.1) is 0 Å². The van der Waals surface area contributed by atoms with E-state index in [9.17, 15) is 13.2 Å². The molecule has 1 aliphatic rings. The molecule has 2 aromatic rings. The first kappa shape index (κ1) is 21.9. The largest absolute Gasteiger partial charge is 0.496 e. The maximum Gasteiger partial charge on any atom is 0.243 e. The summed E-state index contributed by atoms with van der Waals surface area (Å²) in [7, 11) is 0.994. The second-order valence-electron chi connectivity index (χ2n) is 6.83.